The van der Waals surface area contributed by atoms with Crippen LogP contribution >= 0.6 is 11.6 Å². The van der Waals surface area contributed by atoms with Gasteiger partial charge in [0, 0.05) is 11.1 Å². The van der Waals surface area contributed by atoms with Crippen LogP contribution in [0, 0.1) is 0 Å². The van der Waals surface area contributed by atoms with Crippen LogP contribution in [0.15, 0.2) is 24.3 Å². The maximum Gasteiger partial charge on any atom is 0.319 e. The number of halogens is 1. The van der Waals surface area contributed by atoms with Gasteiger partial charge in [-0.15, -0.1) is 0 Å². The Kier molecular flexibility index (Phi) is 4.59. The molecule has 0 amide bonds. The molecule has 0 aromatic heterocycles. The number of ether oxygens (including phenoxy) is 1. The number of rotatable bonds is 4. The third kappa shape index (κ3) is 3.53. The second kappa shape index (κ2) is 5.73. The molecular formula is C11H14ClNO2. The van der Waals surface area contributed by atoms with Crippen LogP contribution in [-0.4, -0.2) is 19.6 Å². The van der Waals surface area contributed by atoms with Gasteiger partial charge in [-0.25, -0.2) is 0 Å². The third-order valence-corrected chi connectivity index (χ3v) is 2.50. The molecule has 0 bridgehead atoms. The van der Waals surface area contributed by atoms with E-state index in [0.717, 1.165) is 5.56 Å². The maximum atomic E-state index is 10.9. The highest BCUT2D eigenvalue weighted by molar-refractivity contribution is 6.31. The normalized spacial score (nSPS) is 12.2. The summed E-state index contributed by atoms with van der Waals surface area (Å²) in [5, 5.41) is 3.73. The summed E-state index contributed by atoms with van der Waals surface area (Å²) in [4.78, 5) is 10.9. The summed E-state index contributed by atoms with van der Waals surface area (Å²) in [6.45, 7) is 2.13. The molecule has 1 atom stereocenters. The number of methoxy groups -OCH3 is 1. The zero-order valence-electron chi connectivity index (χ0n) is 8.79. The van der Waals surface area contributed by atoms with Crippen LogP contribution in [-0.2, 0) is 9.53 Å². The Bertz CT molecular complexity index is 341. The smallest absolute Gasteiger partial charge is 0.319 e. The van der Waals surface area contributed by atoms with Crippen molar-refractivity contribution in [2.45, 2.75) is 13.0 Å². The molecule has 1 rings (SSSR count). The number of hydrogen-bond acceptors (Lipinski definition) is 3. The van der Waals surface area contributed by atoms with Crippen molar-refractivity contribution < 1.29 is 9.53 Å². The zero-order chi connectivity index (χ0) is 11.3. The molecule has 0 aliphatic rings. The Morgan fingerprint density at radius 3 is 2.80 bits per heavy atom. The number of nitrogens with one attached hydrogen (secondary N) is 1. The van der Waals surface area contributed by atoms with Crippen molar-refractivity contribution in [1.82, 2.24) is 5.32 Å². The van der Waals surface area contributed by atoms with E-state index in [1.165, 1.54) is 7.11 Å². The topological polar surface area (TPSA) is 38.3 Å². The third-order valence-electron chi connectivity index (χ3n) is 2.15. The molecular weight excluding hydrogens is 214 g/mol. The van der Waals surface area contributed by atoms with Crippen molar-refractivity contribution >= 4 is 17.6 Å². The van der Waals surface area contributed by atoms with E-state index in [9.17, 15) is 4.79 Å². The number of carbonyl (C=O) groups is 1. The van der Waals surface area contributed by atoms with Gasteiger partial charge in [-0.2, -0.15) is 0 Å². The SMILES string of the molecule is COC(=O)CNC(C)c1ccccc1Cl. The largest absolute Gasteiger partial charge is 0.468 e. The van der Waals surface area contributed by atoms with Gasteiger partial charge in [-0.3, -0.25) is 4.79 Å². The fourth-order valence-corrected chi connectivity index (χ4v) is 1.54. The lowest BCUT2D eigenvalue weighted by Gasteiger charge is -2.14. The molecule has 82 valence electrons. The van der Waals surface area contributed by atoms with Crippen LogP contribution < -0.4 is 5.32 Å². The Balaban J connectivity index is 2.57. The second-order valence-electron chi connectivity index (χ2n) is 3.20. The molecule has 0 heterocycles. The first-order valence-corrected chi connectivity index (χ1v) is 5.07. The number of benzene rings is 1. The first-order valence-electron chi connectivity index (χ1n) is 4.69. The van der Waals surface area contributed by atoms with Gasteiger partial charge in [0.25, 0.3) is 0 Å². The Morgan fingerprint density at radius 1 is 1.53 bits per heavy atom. The molecule has 1 N–H and O–H groups in total. The van der Waals surface area contributed by atoms with Crippen LogP contribution in [0.1, 0.15) is 18.5 Å². The van der Waals surface area contributed by atoms with Gasteiger partial charge >= 0.3 is 5.97 Å². The van der Waals surface area contributed by atoms with Gasteiger partial charge in [0.15, 0.2) is 0 Å². The van der Waals surface area contributed by atoms with Gasteiger partial charge in [0.2, 0.25) is 0 Å². The Hall–Kier alpha value is -1.06. The summed E-state index contributed by atoms with van der Waals surface area (Å²) >= 11 is 6.01. The van der Waals surface area contributed by atoms with Crippen LogP contribution in [0.3, 0.4) is 0 Å². The lowest BCUT2D eigenvalue weighted by atomic mass is 10.1. The Labute approximate surface area is 94.4 Å². The maximum absolute atomic E-state index is 10.9. The molecule has 1 aromatic carbocycles. The lowest BCUT2D eigenvalue weighted by Crippen LogP contribution is -2.26. The minimum absolute atomic E-state index is 0.0257. The summed E-state index contributed by atoms with van der Waals surface area (Å²) in [5.41, 5.74) is 0.975. The zero-order valence-corrected chi connectivity index (χ0v) is 9.54. The summed E-state index contributed by atoms with van der Waals surface area (Å²) < 4.78 is 4.53. The van der Waals surface area contributed by atoms with Crippen LogP contribution in [0.5, 0.6) is 0 Å². The lowest BCUT2D eigenvalue weighted by molar-refractivity contribution is -0.139. The van der Waals surface area contributed by atoms with Crippen molar-refractivity contribution in [2.24, 2.45) is 0 Å². The minimum Gasteiger partial charge on any atom is -0.468 e. The van der Waals surface area contributed by atoms with E-state index in [1.807, 2.05) is 31.2 Å². The molecule has 0 fully saturated rings. The summed E-state index contributed by atoms with van der Waals surface area (Å²) in [6.07, 6.45) is 0. The highest BCUT2D eigenvalue weighted by Gasteiger charge is 2.09. The predicted octanol–water partition coefficient (Wildman–Crippen LogP) is 2.16. The van der Waals surface area contributed by atoms with E-state index in [1.54, 1.807) is 0 Å². The van der Waals surface area contributed by atoms with Gasteiger partial charge < -0.3 is 10.1 Å². The monoisotopic (exact) mass is 227 g/mol. The van der Waals surface area contributed by atoms with Crippen molar-refractivity contribution in [3.8, 4) is 0 Å². The number of esters is 1. The molecule has 15 heavy (non-hydrogen) atoms. The number of hydrogen-bond donors (Lipinski definition) is 1. The molecule has 0 spiro atoms. The Morgan fingerprint density at radius 2 is 2.20 bits per heavy atom. The highest BCUT2D eigenvalue weighted by Crippen LogP contribution is 2.21. The molecule has 1 aromatic rings. The molecule has 0 aliphatic carbocycles. The number of carbonyl (C=O) groups excluding carboxylic acids is 1. The fourth-order valence-electron chi connectivity index (χ4n) is 1.24. The molecule has 0 radical (unpaired) electrons. The van der Waals surface area contributed by atoms with Crippen molar-refractivity contribution in [1.29, 1.82) is 0 Å². The molecule has 0 saturated carbocycles. The molecule has 4 heteroatoms. The minimum atomic E-state index is -0.283. The van der Waals surface area contributed by atoms with Crippen LogP contribution in [0.25, 0.3) is 0 Å². The van der Waals surface area contributed by atoms with Crippen molar-refractivity contribution in [3.63, 3.8) is 0 Å². The molecule has 0 saturated heterocycles. The van der Waals surface area contributed by atoms with E-state index in [-0.39, 0.29) is 18.6 Å². The summed E-state index contributed by atoms with van der Waals surface area (Å²) in [5.74, 6) is -0.283. The van der Waals surface area contributed by atoms with Crippen molar-refractivity contribution in [2.75, 3.05) is 13.7 Å². The molecule has 1 unspecified atom stereocenters. The van der Waals surface area contributed by atoms with E-state index >= 15 is 0 Å². The van der Waals surface area contributed by atoms with Crippen molar-refractivity contribution in [3.05, 3.63) is 34.9 Å². The average Bonchev–Trinajstić information content (AvgIpc) is 2.26. The van der Waals surface area contributed by atoms with Gasteiger partial charge in [-0.1, -0.05) is 29.8 Å². The van der Waals surface area contributed by atoms with E-state index in [2.05, 4.69) is 10.1 Å². The summed E-state index contributed by atoms with van der Waals surface area (Å²) in [6, 6.07) is 7.57. The standard InChI is InChI=1S/C11H14ClNO2/c1-8(13-7-11(14)15-2)9-5-3-4-6-10(9)12/h3-6,8,13H,7H2,1-2H3. The second-order valence-corrected chi connectivity index (χ2v) is 3.61. The van der Waals surface area contributed by atoms with Crippen LogP contribution in [0.2, 0.25) is 5.02 Å². The summed E-state index contributed by atoms with van der Waals surface area (Å²) in [7, 11) is 1.37. The van der Waals surface area contributed by atoms with E-state index in [4.69, 9.17) is 11.6 Å². The first kappa shape index (κ1) is 12.0. The average molecular weight is 228 g/mol. The van der Waals surface area contributed by atoms with Gasteiger partial charge in [0.1, 0.15) is 0 Å². The van der Waals surface area contributed by atoms with Gasteiger partial charge in [-0.05, 0) is 18.6 Å². The van der Waals surface area contributed by atoms with Crippen LogP contribution in [0.4, 0.5) is 0 Å². The van der Waals surface area contributed by atoms with E-state index < -0.39 is 0 Å². The molecule has 0 aliphatic heterocycles. The van der Waals surface area contributed by atoms with E-state index in [0.29, 0.717) is 5.02 Å². The fraction of sp³-hybridized carbons (Fsp3) is 0.364. The van der Waals surface area contributed by atoms with Gasteiger partial charge in [0.05, 0.1) is 13.7 Å². The predicted molar refractivity (Wildman–Crippen MR) is 59.9 cm³/mol. The highest BCUT2D eigenvalue weighted by atomic mass is 35.5. The molecule has 3 nitrogen and oxygen atoms in total. The quantitative estimate of drug-likeness (QED) is 0.802. The first-order chi connectivity index (χ1) is 7.15.